The topological polar surface area (TPSA) is 15.8 Å². The molecule has 0 radical (unpaired) electrons. The Bertz CT molecular complexity index is 463. The molecular formula is C12H14FN. The van der Waals surface area contributed by atoms with Crippen molar-refractivity contribution in [1.82, 2.24) is 4.98 Å². The van der Waals surface area contributed by atoms with Crippen LogP contribution in [0, 0.1) is 5.82 Å². The Morgan fingerprint density at radius 3 is 2.50 bits per heavy atom. The van der Waals surface area contributed by atoms with Crippen LogP contribution in [0.5, 0.6) is 0 Å². The van der Waals surface area contributed by atoms with Crippen LogP contribution >= 0.6 is 0 Å². The minimum atomic E-state index is -0.195. The Morgan fingerprint density at radius 1 is 1.14 bits per heavy atom. The van der Waals surface area contributed by atoms with Gasteiger partial charge in [0.15, 0.2) is 0 Å². The van der Waals surface area contributed by atoms with E-state index < -0.39 is 0 Å². The Hall–Kier alpha value is -1.31. The average molecular weight is 191 g/mol. The zero-order chi connectivity index (χ0) is 10.3. The molecule has 0 saturated carbocycles. The van der Waals surface area contributed by atoms with E-state index in [9.17, 15) is 4.39 Å². The van der Waals surface area contributed by atoms with Gasteiger partial charge >= 0.3 is 0 Å². The van der Waals surface area contributed by atoms with Gasteiger partial charge in [-0.15, -0.1) is 0 Å². The van der Waals surface area contributed by atoms with Crippen molar-refractivity contribution in [2.75, 3.05) is 0 Å². The highest BCUT2D eigenvalue weighted by molar-refractivity contribution is 5.80. The highest BCUT2D eigenvalue weighted by Crippen LogP contribution is 2.25. The molecule has 2 rings (SSSR count). The lowest BCUT2D eigenvalue weighted by Crippen LogP contribution is -2.10. The van der Waals surface area contributed by atoms with E-state index in [-0.39, 0.29) is 11.2 Å². The van der Waals surface area contributed by atoms with Gasteiger partial charge in [-0.05, 0) is 29.7 Å². The Kier molecular flexibility index (Phi) is 1.88. The van der Waals surface area contributed by atoms with Crippen molar-refractivity contribution in [3.05, 3.63) is 35.8 Å². The van der Waals surface area contributed by atoms with E-state index in [2.05, 4.69) is 31.8 Å². The van der Waals surface area contributed by atoms with Crippen molar-refractivity contribution in [1.29, 1.82) is 0 Å². The number of fused-ring (bicyclic) bond motifs is 1. The number of hydrogen-bond acceptors (Lipinski definition) is 0. The molecule has 74 valence electrons. The summed E-state index contributed by atoms with van der Waals surface area (Å²) in [5, 5.41) is 1.07. The molecule has 1 aromatic heterocycles. The fourth-order valence-electron chi connectivity index (χ4n) is 1.50. The van der Waals surface area contributed by atoms with Gasteiger partial charge < -0.3 is 4.98 Å². The lowest BCUT2D eigenvalue weighted by Gasteiger charge is -2.15. The Morgan fingerprint density at radius 2 is 1.86 bits per heavy atom. The molecule has 1 N–H and O–H groups in total. The van der Waals surface area contributed by atoms with Gasteiger partial charge in [0.2, 0.25) is 0 Å². The van der Waals surface area contributed by atoms with Crippen LogP contribution in [0.4, 0.5) is 4.39 Å². The maximum Gasteiger partial charge on any atom is 0.125 e. The third-order valence-electron chi connectivity index (χ3n) is 2.39. The van der Waals surface area contributed by atoms with Crippen LogP contribution in [0.1, 0.15) is 26.5 Å². The predicted molar refractivity (Wildman–Crippen MR) is 57.0 cm³/mol. The number of hydrogen-bond donors (Lipinski definition) is 1. The fraction of sp³-hybridized carbons (Fsp3) is 0.333. The number of benzene rings is 1. The standard InChI is InChI=1S/C12H14FN/c1-12(2,3)11-6-8-4-5-9(13)7-10(8)14-11/h4-7,14H,1-3H3. The smallest absolute Gasteiger partial charge is 0.125 e. The molecule has 0 spiro atoms. The maximum absolute atomic E-state index is 12.9. The lowest BCUT2D eigenvalue weighted by molar-refractivity contribution is 0.574. The second-order valence-corrected chi connectivity index (χ2v) is 4.66. The average Bonchev–Trinajstić information content (AvgIpc) is 2.45. The highest BCUT2D eigenvalue weighted by atomic mass is 19.1. The molecule has 0 atom stereocenters. The molecule has 2 heteroatoms. The zero-order valence-electron chi connectivity index (χ0n) is 8.69. The molecule has 0 aliphatic heterocycles. The Labute approximate surface area is 82.9 Å². The minimum absolute atomic E-state index is 0.0789. The van der Waals surface area contributed by atoms with Gasteiger partial charge in [0.05, 0.1) is 0 Å². The second kappa shape index (κ2) is 2.84. The van der Waals surface area contributed by atoms with E-state index in [1.807, 2.05) is 0 Å². The molecule has 0 aliphatic rings. The summed E-state index contributed by atoms with van der Waals surface area (Å²) in [4.78, 5) is 3.24. The summed E-state index contributed by atoms with van der Waals surface area (Å²) in [6.45, 7) is 6.40. The van der Waals surface area contributed by atoms with E-state index in [1.54, 1.807) is 6.07 Å². The van der Waals surface area contributed by atoms with Gasteiger partial charge in [-0.2, -0.15) is 0 Å². The first kappa shape index (κ1) is 9.25. The minimum Gasteiger partial charge on any atom is -0.358 e. The largest absolute Gasteiger partial charge is 0.358 e. The summed E-state index contributed by atoms with van der Waals surface area (Å²) in [5.74, 6) is -0.195. The summed E-state index contributed by atoms with van der Waals surface area (Å²) in [5.41, 5.74) is 2.09. The van der Waals surface area contributed by atoms with Gasteiger partial charge in [-0.25, -0.2) is 4.39 Å². The lowest BCUT2D eigenvalue weighted by atomic mass is 9.92. The van der Waals surface area contributed by atoms with Crippen LogP contribution in [0.3, 0.4) is 0 Å². The van der Waals surface area contributed by atoms with Crippen molar-refractivity contribution in [3.8, 4) is 0 Å². The molecular weight excluding hydrogens is 177 g/mol. The molecule has 1 aromatic carbocycles. The molecule has 2 aromatic rings. The first-order valence-corrected chi connectivity index (χ1v) is 4.75. The van der Waals surface area contributed by atoms with Gasteiger partial charge in [0.25, 0.3) is 0 Å². The molecule has 1 heterocycles. The number of aromatic amines is 1. The quantitative estimate of drug-likeness (QED) is 0.654. The third-order valence-corrected chi connectivity index (χ3v) is 2.39. The molecule has 0 amide bonds. The van der Waals surface area contributed by atoms with E-state index in [0.29, 0.717) is 0 Å². The van der Waals surface area contributed by atoms with Crippen molar-refractivity contribution in [3.63, 3.8) is 0 Å². The number of nitrogens with one attached hydrogen (secondary N) is 1. The monoisotopic (exact) mass is 191 g/mol. The summed E-state index contributed by atoms with van der Waals surface area (Å²) >= 11 is 0. The summed E-state index contributed by atoms with van der Waals surface area (Å²) in [6, 6.07) is 6.90. The normalized spacial score (nSPS) is 12.3. The molecule has 0 fully saturated rings. The SMILES string of the molecule is CC(C)(C)c1cc2ccc(F)cc2[nH]1. The third kappa shape index (κ3) is 1.52. The van der Waals surface area contributed by atoms with Gasteiger partial charge in [0.1, 0.15) is 5.82 Å². The molecule has 1 nitrogen and oxygen atoms in total. The Balaban J connectivity index is 2.63. The van der Waals surface area contributed by atoms with Crippen LogP contribution < -0.4 is 0 Å². The first-order valence-electron chi connectivity index (χ1n) is 4.75. The zero-order valence-corrected chi connectivity index (χ0v) is 8.69. The van der Waals surface area contributed by atoms with Crippen molar-refractivity contribution in [2.24, 2.45) is 0 Å². The van der Waals surface area contributed by atoms with E-state index in [0.717, 1.165) is 16.6 Å². The number of rotatable bonds is 0. The van der Waals surface area contributed by atoms with Crippen LogP contribution in [-0.4, -0.2) is 4.98 Å². The van der Waals surface area contributed by atoms with Crippen LogP contribution in [0.2, 0.25) is 0 Å². The van der Waals surface area contributed by atoms with Crippen LogP contribution in [0.25, 0.3) is 10.9 Å². The second-order valence-electron chi connectivity index (χ2n) is 4.66. The molecule has 0 unspecified atom stereocenters. The number of halogens is 1. The fourth-order valence-corrected chi connectivity index (χ4v) is 1.50. The van der Waals surface area contributed by atoms with Crippen LogP contribution in [-0.2, 0) is 5.41 Å². The van der Waals surface area contributed by atoms with Crippen molar-refractivity contribution >= 4 is 10.9 Å². The number of H-pyrrole nitrogens is 1. The van der Waals surface area contributed by atoms with Crippen molar-refractivity contribution in [2.45, 2.75) is 26.2 Å². The highest BCUT2D eigenvalue weighted by Gasteiger charge is 2.15. The summed E-state index contributed by atoms with van der Waals surface area (Å²) in [6.07, 6.45) is 0. The first-order chi connectivity index (χ1) is 6.47. The summed E-state index contributed by atoms with van der Waals surface area (Å²) < 4.78 is 12.9. The van der Waals surface area contributed by atoms with Crippen molar-refractivity contribution < 1.29 is 4.39 Å². The van der Waals surface area contributed by atoms with E-state index in [4.69, 9.17) is 0 Å². The molecule has 0 aliphatic carbocycles. The number of aromatic nitrogens is 1. The molecule has 0 saturated heterocycles. The predicted octanol–water partition coefficient (Wildman–Crippen LogP) is 3.60. The van der Waals surface area contributed by atoms with Gasteiger partial charge in [0, 0.05) is 16.6 Å². The van der Waals surface area contributed by atoms with E-state index >= 15 is 0 Å². The maximum atomic E-state index is 12.9. The van der Waals surface area contributed by atoms with E-state index in [1.165, 1.54) is 12.1 Å². The molecule has 14 heavy (non-hydrogen) atoms. The summed E-state index contributed by atoms with van der Waals surface area (Å²) in [7, 11) is 0. The van der Waals surface area contributed by atoms with Crippen LogP contribution in [0.15, 0.2) is 24.3 Å². The van der Waals surface area contributed by atoms with Gasteiger partial charge in [-0.1, -0.05) is 20.8 Å². The van der Waals surface area contributed by atoms with Gasteiger partial charge in [-0.3, -0.25) is 0 Å². The molecule has 0 bridgehead atoms.